The van der Waals surface area contributed by atoms with Gasteiger partial charge in [-0.3, -0.25) is 4.90 Å². The fourth-order valence-corrected chi connectivity index (χ4v) is 2.13. The Bertz CT molecular complexity index is 203. The Morgan fingerprint density at radius 1 is 1.40 bits per heavy atom. The van der Waals surface area contributed by atoms with E-state index >= 15 is 0 Å². The first-order valence-electron chi connectivity index (χ1n) is 5.37. The summed E-state index contributed by atoms with van der Waals surface area (Å²) in [5.74, 6) is 0.822. The molecule has 1 saturated heterocycles. The molecule has 90 valence electrons. The minimum absolute atomic E-state index is 0.339. The van der Waals surface area contributed by atoms with Crippen LogP contribution in [0.4, 0.5) is 13.2 Å². The fraction of sp³-hybridized carbons (Fsp3) is 1.00. The van der Waals surface area contributed by atoms with E-state index in [1.807, 2.05) is 0 Å². The zero-order chi connectivity index (χ0) is 11.6. The standard InChI is InChI=1S/C10H19F3N2/c1-7(2)8-3-4-15(6-8)9(5-14)10(11,12)13/h7-9H,3-6,14H2,1-2H3. The number of hydrogen-bond acceptors (Lipinski definition) is 2. The Morgan fingerprint density at radius 2 is 2.00 bits per heavy atom. The minimum atomic E-state index is -4.19. The van der Waals surface area contributed by atoms with Crippen molar-refractivity contribution in [1.29, 1.82) is 0 Å². The lowest BCUT2D eigenvalue weighted by Gasteiger charge is -2.28. The van der Waals surface area contributed by atoms with Gasteiger partial charge in [-0.1, -0.05) is 13.8 Å². The molecule has 1 aliphatic rings. The van der Waals surface area contributed by atoms with Crippen molar-refractivity contribution in [2.45, 2.75) is 32.5 Å². The molecule has 1 rings (SSSR count). The van der Waals surface area contributed by atoms with E-state index in [1.54, 1.807) is 0 Å². The molecule has 0 radical (unpaired) electrons. The van der Waals surface area contributed by atoms with E-state index in [0.29, 0.717) is 24.9 Å². The number of likely N-dealkylation sites (tertiary alicyclic amines) is 1. The molecule has 0 aromatic carbocycles. The number of hydrogen-bond donors (Lipinski definition) is 1. The SMILES string of the molecule is CC(C)C1CCN(C(CN)C(F)(F)F)C1. The van der Waals surface area contributed by atoms with Crippen molar-refractivity contribution < 1.29 is 13.2 Å². The molecule has 5 heteroatoms. The van der Waals surface area contributed by atoms with Crippen molar-refractivity contribution >= 4 is 0 Å². The van der Waals surface area contributed by atoms with E-state index < -0.39 is 12.2 Å². The molecule has 2 atom stereocenters. The van der Waals surface area contributed by atoms with Gasteiger partial charge in [-0.2, -0.15) is 13.2 Å². The van der Waals surface area contributed by atoms with Gasteiger partial charge in [-0.05, 0) is 24.8 Å². The van der Waals surface area contributed by atoms with Crippen LogP contribution in [-0.2, 0) is 0 Å². The van der Waals surface area contributed by atoms with Crippen LogP contribution in [0.1, 0.15) is 20.3 Å². The van der Waals surface area contributed by atoms with Crippen LogP contribution in [0.2, 0.25) is 0 Å². The predicted octanol–water partition coefficient (Wildman–Crippen LogP) is 1.85. The lowest BCUT2D eigenvalue weighted by atomic mass is 9.95. The molecule has 1 aliphatic heterocycles. The third-order valence-electron chi connectivity index (χ3n) is 3.24. The molecular weight excluding hydrogens is 205 g/mol. The first-order valence-corrected chi connectivity index (χ1v) is 5.37. The van der Waals surface area contributed by atoms with Crippen molar-refractivity contribution in [2.75, 3.05) is 19.6 Å². The minimum Gasteiger partial charge on any atom is -0.329 e. The summed E-state index contributed by atoms with van der Waals surface area (Å²) in [6.45, 7) is 4.82. The second kappa shape index (κ2) is 4.70. The van der Waals surface area contributed by atoms with Crippen molar-refractivity contribution in [3.05, 3.63) is 0 Å². The van der Waals surface area contributed by atoms with Crippen LogP contribution in [0.15, 0.2) is 0 Å². The van der Waals surface area contributed by atoms with E-state index in [9.17, 15) is 13.2 Å². The van der Waals surface area contributed by atoms with Gasteiger partial charge in [-0.25, -0.2) is 0 Å². The maximum absolute atomic E-state index is 12.6. The van der Waals surface area contributed by atoms with E-state index in [1.165, 1.54) is 4.90 Å². The maximum Gasteiger partial charge on any atom is 0.405 e. The summed E-state index contributed by atoms with van der Waals surface area (Å²) >= 11 is 0. The number of alkyl halides is 3. The highest BCUT2D eigenvalue weighted by molar-refractivity contribution is 4.87. The average molecular weight is 224 g/mol. The van der Waals surface area contributed by atoms with Gasteiger partial charge in [-0.15, -0.1) is 0 Å². The van der Waals surface area contributed by atoms with Gasteiger partial charge in [0.15, 0.2) is 0 Å². The van der Waals surface area contributed by atoms with Gasteiger partial charge in [0.25, 0.3) is 0 Å². The van der Waals surface area contributed by atoms with Gasteiger partial charge >= 0.3 is 6.18 Å². The highest BCUT2D eigenvalue weighted by Crippen LogP contribution is 2.31. The Labute approximate surface area is 88.6 Å². The molecule has 1 heterocycles. The van der Waals surface area contributed by atoms with Crippen LogP contribution < -0.4 is 5.73 Å². The van der Waals surface area contributed by atoms with E-state index in [-0.39, 0.29) is 6.54 Å². The molecule has 0 aromatic heterocycles. The molecule has 0 saturated carbocycles. The predicted molar refractivity (Wildman–Crippen MR) is 53.4 cm³/mol. The van der Waals surface area contributed by atoms with Gasteiger partial charge in [0.2, 0.25) is 0 Å². The van der Waals surface area contributed by atoms with Crippen LogP contribution in [0.25, 0.3) is 0 Å². The topological polar surface area (TPSA) is 29.3 Å². The van der Waals surface area contributed by atoms with Gasteiger partial charge < -0.3 is 5.73 Å². The molecule has 2 nitrogen and oxygen atoms in total. The molecule has 0 amide bonds. The summed E-state index contributed by atoms with van der Waals surface area (Å²) in [5.41, 5.74) is 5.20. The van der Waals surface area contributed by atoms with Crippen molar-refractivity contribution in [3.63, 3.8) is 0 Å². The summed E-state index contributed by atoms with van der Waals surface area (Å²) in [5, 5.41) is 0. The van der Waals surface area contributed by atoms with Crippen molar-refractivity contribution in [3.8, 4) is 0 Å². The van der Waals surface area contributed by atoms with E-state index in [0.717, 1.165) is 6.42 Å². The Hall–Kier alpha value is -0.290. The average Bonchev–Trinajstić information content (AvgIpc) is 2.51. The van der Waals surface area contributed by atoms with Gasteiger partial charge in [0, 0.05) is 13.1 Å². The Morgan fingerprint density at radius 3 is 2.33 bits per heavy atom. The van der Waals surface area contributed by atoms with Gasteiger partial charge in [0.05, 0.1) is 0 Å². The second-order valence-electron chi connectivity index (χ2n) is 4.58. The Balaban J connectivity index is 2.58. The number of nitrogens with zero attached hydrogens (tertiary/aromatic N) is 1. The normalized spacial score (nSPS) is 26.2. The largest absolute Gasteiger partial charge is 0.405 e. The Kier molecular flexibility index (Phi) is 4.00. The van der Waals surface area contributed by atoms with E-state index in [4.69, 9.17) is 5.73 Å². The molecule has 0 bridgehead atoms. The highest BCUT2D eigenvalue weighted by atomic mass is 19.4. The quantitative estimate of drug-likeness (QED) is 0.792. The zero-order valence-electron chi connectivity index (χ0n) is 9.22. The lowest BCUT2D eigenvalue weighted by Crippen LogP contribution is -2.49. The van der Waals surface area contributed by atoms with Crippen LogP contribution in [0.5, 0.6) is 0 Å². The molecule has 0 aromatic rings. The molecule has 1 fully saturated rings. The fourth-order valence-electron chi connectivity index (χ4n) is 2.13. The summed E-state index contributed by atoms with van der Waals surface area (Å²) in [6, 6.07) is -1.46. The third-order valence-corrected chi connectivity index (χ3v) is 3.24. The van der Waals surface area contributed by atoms with Crippen molar-refractivity contribution in [1.82, 2.24) is 4.90 Å². The zero-order valence-corrected chi connectivity index (χ0v) is 9.22. The number of rotatable bonds is 3. The molecule has 0 aliphatic carbocycles. The summed E-state index contributed by atoms with van der Waals surface area (Å²) in [7, 11) is 0. The monoisotopic (exact) mass is 224 g/mol. The smallest absolute Gasteiger partial charge is 0.329 e. The van der Waals surface area contributed by atoms with E-state index in [2.05, 4.69) is 13.8 Å². The number of halogens is 3. The van der Waals surface area contributed by atoms with Crippen LogP contribution >= 0.6 is 0 Å². The van der Waals surface area contributed by atoms with Crippen LogP contribution in [-0.4, -0.2) is 36.8 Å². The summed E-state index contributed by atoms with van der Waals surface area (Å²) < 4.78 is 37.7. The molecular formula is C10H19F3N2. The maximum atomic E-state index is 12.6. The molecule has 2 unspecified atom stereocenters. The third kappa shape index (κ3) is 3.08. The molecule has 15 heavy (non-hydrogen) atoms. The van der Waals surface area contributed by atoms with Crippen LogP contribution in [0.3, 0.4) is 0 Å². The van der Waals surface area contributed by atoms with Crippen molar-refractivity contribution in [2.24, 2.45) is 17.6 Å². The lowest BCUT2D eigenvalue weighted by molar-refractivity contribution is -0.178. The number of nitrogens with two attached hydrogens (primary N) is 1. The first-order chi connectivity index (χ1) is 6.86. The second-order valence-corrected chi connectivity index (χ2v) is 4.58. The molecule has 0 spiro atoms. The van der Waals surface area contributed by atoms with Crippen LogP contribution in [0, 0.1) is 11.8 Å². The first kappa shape index (κ1) is 12.8. The summed E-state index contributed by atoms with van der Waals surface area (Å²) in [4.78, 5) is 1.48. The summed E-state index contributed by atoms with van der Waals surface area (Å²) in [6.07, 6.45) is -3.34. The highest BCUT2D eigenvalue weighted by Gasteiger charge is 2.44. The molecule has 2 N–H and O–H groups in total. The van der Waals surface area contributed by atoms with Gasteiger partial charge in [0.1, 0.15) is 6.04 Å².